The third kappa shape index (κ3) is 1.80. The van der Waals surface area contributed by atoms with Crippen LogP contribution in [0.4, 0.5) is 0 Å². The lowest BCUT2D eigenvalue weighted by molar-refractivity contribution is 0.725. The second-order valence-electron chi connectivity index (χ2n) is 4.05. The molecule has 0 aliphatic heterocycles. The minimum Gasteiger partial charge on any atom is -0.297 e. The normalized spacial score (nSPS) is 15.3. The second kappa shape index (κ2) is 3.87. The van der Waals surface area contributed by atoms with E-state index in [2.05, 4.69) is 15.2 Å². The first-order chi connectivity index (χ1) is 7.84. The molecule has 2 aromatic heterocycles. The van der Waals surface area contributed by atoms with Crippen molar-refractivity contribution >= 4 is 11.6 Å². The third-order valence-corrected chi connectivity index (χ3v) is 3.02. The lowest BCUT2D eigenvalue weighted by Crippen LogP contribution is -2.04. The highest BCUT2D eigenvalue weighted by molar-refractivity contribution is 6.28. The molecule has 0 bridgehead atoms. The standard InChI is InChI=1S/C11H11ClN4/c12-11-15-14-10(9-3-4-9)16(11)7-8-2-1-5-13-6-8/h1-2,5-6,9H,3-4,7H2. The van der Waals surface area contributed by atoms with Crippen molar-refractivity contribution in [3.8, 4) is 0 Å². The maximum absolute atomic E-state index is 6.04. The maximum Gasteiger partial charge on any atom is 0.225 e. The molecule has 0 atom stereocenters. The van der Waals surface area contributed by atoms with Gasteiger partial charge in [0, 0.05) is 18.3 Å². The van der Waals surface area contributed by atoms with E-state index in [1.165, 1.54) is 12.8 Å². The molecule has 1 aliphatic carbocycles. The number of pyridine rings is 1. The Labute approximate surface area is 98.3 Å². The molecule has 0 aromatic carbocycles. The van der Waals surface area contributed by atoms with Gasteiger partial charge < -0.3 is 0 Å². The van der Waals surface area contributed by atoms with Gasteiger partial charge in [0.05, 0.1) is 6.54 Å². The van der Waals surface area contributed by atoms with Crippen LogP contribution in [0.25, 0.3) is 0 Å². The largest absolute Gasteiger partial charge is 0.297 e. The molecule has 1 fully saturated rings. The number of nitrogens with zero attached hydrogens (tertiary/aromatic N) is 4. The fourth-order valence-electron chi connectivity index (χ4n) is 1.76. The monoisotopic (exact) mass is 234 g/mol. The summed E-state index contributed by atoms with van der Waals surface area (Å²) in [6.45, 7) is 0.700. The minimum absolute atomic E-state index is 0.464. The van der Waals surface area contributed by atoms with Crippen LogP contribution in [-0.4, -0.2) is 19.7 Å². The molecule has 2 aromatic rings. The van der Waals surface area contributed by atoms with Gasteiger partial charge in [0.2, 0.25) is 5.28 Å². The van der Waals surface area contributed by atoms with Gasteiger partial charge in [0.25, 0.3) is 0 Å². The third-order valence-electron chi connectivity index (χ3n) is 2.74. The van der Waals surface area contributed by atoms with E-state index in [9.17, 15) is 0 Å². The average Bonchev–Trinajstić information content (AvgIpc) is 3.08. The van der Waals surface area contributed by atoms with Crippen molar-refractivity contribution < 1.29 is 0 Å². The number of aromatic nitrogens is 4. The Morgan fingerprint density at radius 2 is 2.25 bits per heavy atom. The number of hydrogen-bond donors (Lipinski definition) is 0. The van der Waals surface area contributed by atoms with Crippen LogP contribution in [0.5, 0.6) is 0 Å². The summed E-state index contributed by atoms with van der Waals surface area (Å²) in [5.74, 6) is 1.56. The predicted octanol–water partition coefficient (Wildman–Crippen LogP) is 2.25. The van der Waals surface area contributed by atoms with Gasteiger partial charge in [-0.25, -0.2) is 0 Å². The minimum atomic E-state index is 0.464. The summed E-state index contributed by atoms with van der Waals surface area (Å²) in [6, 6.07) is 3.95. The van der Waals surface area contributed by atoms with E-state index < -0.39 is 0 Å². The first-order valence-electron chi connectivity index (χ1n) is 5.32. The van der Waals surface area contributed by atoms with E-state index in [0.717, 1.165) is 11.4 Å². The van der Waals surface area contributed by atoms with Crippen molar-refractivity contribution in [2.24, 2.45) is 0 Å². The Morgan fingerprint density at radius 3 is 2.94 bits per heavy atom. The molecule has 1 saturated carbocycles. The van der Waals surface area contributed by atoms with E-state index in [4.69, 9.17) is 11.6 Å². The molecule has 82 valence electrons. The first-order valence-corrected chi connectivity index (χ1v) is 5.70. The molecule has 0 saturated heterocycles. The summed E-state index contributed by atoms with van der Waals surface area (Å²) in [7, 11) is 0. The van der Waals surface area contributed by atoms with Crippen molar-refractivity contribution in [1.82, 2.24) is 19.7 Å². The van der Waals surface area contributed by atoms with Crippen LogP contribution in [0.1, 0.15) is 30.1 Å². The van der Waals surface area contributed by atoms with Crippen molar-refractivity contribution in [3.63, 3.8) is 0 Å². The maximum atomic E-state index is 6.04. The molecule has 0 radical (unpaired) electrons. The second-order valence-corrected chi connectivity index (χ2v) is 4.39. The molecule has 4 nitrogen and oxygen atoms in total. The molecule has 5 heteroatoms. The van der Waals surface area contributed by atoms with E-state index in [0.29, 0.717) is 17.7 Å². The van der Waals surface area contributed by atoms with Crippen LogP contribution >= 0.6 is 11.6 Å². The SMILES string of the molecule is Clc1nnc(C2CC2)n1Cc1cccnc1. The lowest BCUT2D eigenvalue weighted by atomic mass is 10.3. The Bertz CT molecular complexity index is 490. The molecular formula is C11H11ClN4. The van der Waals surface area contributed by atoms with Gasteiger partial charge >= 0.3 is 0 Å². The summed E-state index contributed by atoms with van der Waals surface area (Å²) >= 11 is 6.04. The predicted molar refractivity (Wildman–Crippen MR) is 60.3 cm³/mol. The van der Waals surface area contributed by atoms with Crippen LogP contribution in [0.3, 0.4) is 0 Å². The van der Waals surface area contributed by atoms with Gasteiger partial charge in [-0.05, 0) is 36.1 Å². The van der Waals surface area contributed by atoms with Gasteiger partial charge in [-0.1, -0.05) is 6.07 Å². The van der Waals surface area contributed by atoms with Crippen molar-refractivity contribution in [2.75, 3.05) is 0 Å². The van der Waals surface area contributed by atoms with E-state index in [-0.39, 0.29) is 0 Å². The molecule has 0 N–H and O–H groups in total. The van der Waals surface area contributed by atoms with Crippen LogP contribution in [0.15, 0.2) is 24.5 Å². The Hall–Kier alpha value is -1.42. The van der Waals surface area contributed by atoms with Gasteiger partial charge in [0.15, 0.2) is 0 Å². The van der Waals surface area contributed by atoms with Crippen molar-refractivity contribution in [3.05, 3.63) is 41.2 Å². The Kier molecular flexibility index (Phi) is 2.36. The van der Waals surface area contributed by atoms with Crippen molar-refractivity contribution in [1.29, 1.82) is 0 Å². The lowest BCUT2D eigenvalue weighted by Gasteiger charge is -2.06. The quantitative estimate of drug-likeness (QED) is 0.818. The fraction of sp³-hybridized carbons (Fsp3) is 0.364. The smallest absolute Gasteiger partial charge is 0.225 e. The summed E-state index contributed by atoms with van der Waals surface area (Å²) in [5.41, 5.74) is 1.12. The zero-order valence-corrected chi connectivity index (χ0v) is 9.43. The van der Waals surface area contributed by atoms with Crippen molar-refractivity contribution in [2.45, 2.75) is 25.3 Å². The van der Waals surface area contributed by atoms with Crippen LogP contribution in [0, 0.1) is 0 Å². The molecule has 3 rings (SSSR count). The summed E-state index contributed by atoms with van der Waals surface area (Å²) < 4.78 is 1.97. The number of hydrogen-bond acceptors (Lipinski definition) is 3. The zero-order chi connectivity index (χ0) is 11.0. The van der Waals surface area contributed by atoms with E-state index in [1.54, 1.807) is 6.20 Å². The molecule has 2 heterocycles. The molecular weight excluding hydrogens is 224 g/mol. The van der Waals surface area contributed by atoms with Crippen LogP contribution in [0.2, 0.25) is 5.28 Å². The Balaban J connectivity index is 1.91. The van der Waals surface area contributed by atoms with E-state index in [1.807, 2.05) is 22.9 Å². The summed E-state index contributed by atoms with van der Waals surface area (Å²) in [6.07, 6.45) is 6.00. The molecule has 1 aliphatic rings. The number of halogens is 1. The highest BCUT2D eigenvalue weighted by Gasteiger charge is 2.29. The van der Waals surface area contributed by atoms with Gasteiger partial charge in [-0.15, -0.1) is 10.2 Å². The Morgan fingerprint density at radius 1 is 1.38 bits per heavy atom. The van der Waals surface area contributed by atoms with Crippen LogP contribution < -0.4 is 0 Å². The summed E-state index contributed by atoms with van der Waals surface area (Å²) in [4.78, 5) is 4.09. The number of rotatable bonds is 3. The molecule has 16 heavy (non-hydrogen) atoms. The highest BCUT2D eigenvalue weighted by atomic mass is 35.5. The highest BCUT2D eigenvalue weighted by Crippen LogP contribution is 2.39. The average molecular weight is 235 g/mol. The topological polar surface area (TPSA) is 43.6 Å². The fourth-order valence-corrected chi connectivity index (χ4v) is 1.94. The molecule has 0 unspecified atom stereocenters. The van der Waals surface area contributed by atoms with Crippen LogP contribution in [-0.2, 0) is 6.54 Å². The van der Waals surface area contributed by atoms with Gasteiger partial charge in [-0.3, -0.25) is 9.55 Å². The molecule has 0 spiro atoms. The van der Waals surface area contributed by atoms with E-state index >= 15 is 0 Å². The first kappa shape index (κ1) is 9.78. The van der Waals surface area contributed by atoms with Gasteiger partial charge in [-0.2, -0.15) is 0 Å². The zero-order valence-electron chi connectivity index (χ0n) is 8.67. The summed E-state index contributed by atoms with van der Waals surface area (Å²) in [5, 5.41) is 8.53. The molecule has 0 amide bonds. The van der Waals surface area contributed by atoms with Gasteiger partial charge in [0.1, 0.15) is 5.82 Å².